The lowest BCUT2D eigenvalue weighted by Crippen LogP contribution is -2.44. The number of anilines is 1. The van der Waals surface area contributed by atoms with E-state index in [0.717, 1.165) is 37.5 Å². The van der Waals surface area contributed by atoms with Gasteiger partial charge in [0.05, 0.1) is 23.8 Å². The molecular formula is C18H19Cl2N3. The summed E-state index contributed by atoms with van der Waals surface area (Å²) in [5.41, 5.74) is 3.12. The van der Waals surface area contributed by atoms with Gasteiger partial charge in [-0.3, -0.25) is 5.01 Å². The van der Waals surface area contributed by atoms with Gasteiger partial charge in [0.25, 0.3) is 0 Å². The molecule has 0 aliphatic carbocycles. The van der Waals surface area contributed by atoms with E-state index < -0.39 is 0 Å². The van der Waals surface area contributed by atoms with E-state index in [0.29, 0.717) is 10.0 Å². The van der Waals surface area contributed by atoms with E-state index >= 15 is 0 Å². The normalized spacial score (nSPS) is 15.9. The number of para-hydroxylation sites is 1. The maximum atomic E-state index is 6.25. The Morgan fingerprint density at radius 1 is 0.957 bits per heavy atom. The van der Waals surface area contributed by atoms with Crippen molar-refractivity contribution in [2.75, 3.05) is 31.1 Å². The Kier molecular flexibility index (Phi) is 5.09. The largest absolute Gasteiger partial charge is 0.368 e. The van der Waals surface area contributed by atoms with Crippen molar-refractivity contribution in [3.8, 4) is 0 Å². The van der Waals surface area contributed by atoms with Crippen molar-refractivity contribution in [2.24, 2.45) is 5.10 Å². The summed E-state index contributed by atoms with van der Waals surface area (Å²) in [5, 5.41) is 8.11. The summed E-state index contributed by atoms with van der Waals surface area (Å²) in [7, 11) is 0. The van der Waals surface area contributed by atoms with Crippen LogP contribution in [0.5, 0.6) is 0 Å². The molecule has 0 spiro atoms. The Balaban J connectivity index is 1.65. The van der Waals surface area contributed by atoms with E-state index in [1.807, 2.05) is 25.1 Å². The third kappa shape index (κ3) is 3.98. The van der Waals surface area contributed by atoms with Gasteiger partial charge in [-0.15, -0.1) is 0 Å². The van der Waals surface area contributed by atoms with Gasteiger partial charge in [0.15, 0.2) is 0 Å². The molecule has 0 saturated carbocycles. The number of hydrazone groups is 1. The topological polar surface area (TPSA) is 18.8 Å². The van der Waals surface area contributed by atoms with Crippen molar-refractivity contribution < 1.29 is 0 Å². The van der Waals surface area contributed by atoms with E-state index in [1.165, 1.54) is 5.69 Å². The monoisotopic (exact) mass is 347 g/mol. The summed E-state index contributed by atoms with van der Waals surface area (Å²) in [5.74, 6) is 0. The van der Waals surface area contributed by atoms with Crippen molar-refractivity contribution in [3.05, 3.63) is 64.1 Å². The molecule has 1 saturated heterocycles. The summed E-state index contributed by atoms with van der Waals surface area (Å²) >= 11 is 12.2. The maximum Gasteiger partial charge on any atom is 0.0661 e. The molecule has 3 rings (SSSR count). The second-order valence-electron chi connectivity index (χ2n) is 5.59. The van der Waals surface area contributed by atoms with Gasteiger partial charge in [0.2, 0.25) is 0 Å². The van der Waals surface area contributed by atoms with Crippen LogP contribution in [0.4, 0.5) is 5.69 Å². The van der Waals surface area contributed by atoms with Gasteiger partial charge in [-0.2, -0.15) is 5.10 Å². The average molecular weight is 348 g/mol. The molecule has 0 aromatic heterocycles. The van der Waals surface area contributed by atoms with Gasteiger partial charge in [-0.1, -0.05) is 47.5 Å². The molecule has 2 aromatic rings. The second-order valence-corrected chi connectivity index (χ2v) is 6.43. The third-order valence-electron chi connectivity index (χ3n) is 3.99. The summed E-state index contributed by atoms with van der Waals surface area (Å²) in [6.45, 7) is 5.72. The van der Waals surface area contributed by atoms with Gasteiger partial charge in [0.1, 0.15) is 0 Å². The molecule has 2 aromatic carbocycles. The van der Waals surface area contributed by atoms with Crippen molar-refractivity contribution in [3.63, 3.8) is 0 Å². The average Bonchev–Trinajstić information content (AvgIpc) is 2.56. The minimum absolute atomic E-state index is 0.640. The zero-order valence-corrected chi connectivity index (χ0v) is 14.6. The molecule has 120 valence electrons. The van der Waals surface area contributed by atoms with Crippen LogP contribution in [-0.4, -0.2) is 36.9 Å². The fourth-order valence-electron chi connectivity index (χ4n) is 2.74. The highest BCUT2D eigenvalue weighted by Crippen LogP contribution is 2.22. The van der Waals surface area contributed by atoms with Crippen LogP contribution >= 0.6 is 23.2 Å². The minimum Gasteiger partial charge on any atom is -0.368 e. The predicted molar refractivity (Wildman–Crippen MR) is 98.9 cm³/mol. The number of piperazine rings is 1. The number of halogens is 2. The first-order chi connectivity index (χ1) is 11.1. The highest BCUT2D eigenvalue weighted by Gasteiger charge is 2.16. The number of hydrogen-bond donors (Lipinski definition) is 0. The summed E-state index contributed by atoms with van der Waals surface area (Å²) in [4.78, 5) is 2.39. The molecule has 0 radical (unpaired) electrons. The maximum absolute atomic E-state index is 6.25. The van der Waals surface area contributed by atoms with E-state index in [4.69, 9.17) is 28.3 Å². The van der Waals surface area contributed by atoms with E-state index in [1.54, 1.807) is 6.07 Å². The lowest BCUT2D eigenvalue weighted by molar-refractivity contribution is 0.270. The molecule has 1 heterocycles. The van der Waals surface area contributed by atoms with Crippen LogP contribution in [0.1, 0.15) is 12.5 Å². The van der Waals surface area contributed by atoms with Gasteiger partial charge in [0, 0.05) is 29.4 Å². The first-order valence-electron chi connectivity index (χ1n) is 7.69. The Bertz CT molecular complexity index is 693. The summed E-state index contributed by atoms with van der Waals surface area (Å²) in [6.07, 6.45) is 0. The molecule has 0 N–H and O–H groups in total. The van der Waals surface area contributed by atoms with Crippen LogP contribution < -0.4 is 4.90 Å². The van der Waals surface area contributed by atoms with Crippen LogP contribution in [0.3, 0.4) is 0 Å². The van der Waals surface area contributed by atoms with Crippen LogP contribution in [0.25, 0.3) is 0 Å². The van der Waals surface area contributed by atoms with Crippen molar-refractivity contribution in [1.29, 1.82) is 0 Å². The Morgan fingerprint density at radius 2 is 1.65 bits per heavy atom. The van der Waals surface area contributed by atoms with E-state index in [-0.39, 0.29) is 0 Å². The Morgan fingerprint density at radius 3 is 2.30 bits per heavy atom. The second kappa shape index (κ2) is 7.24. The van der Waals surface area contributed by atoms with Crippen LogP contribution in [0.15, 0.2) is 53.6 Å². The predicted octanol–water partition coefficient (Wildman–Crippen LogP) is 4.54. The standard InChI is InChI=1S/C18H19Cl2N3/c1-14(17-8-7-15(19)13-18(17)20)21-23-11-9-22(10-12-23)16-5-3-2-4-6-16/h2-8,13H,9-12H2,1H3. The smallest absolute Gasteiger partial charge is 0.0661 e. The molecule has 1 aliphatic rings. The highest BCUT2D eigenvalue weighted by molar-refractivity contribution is 6.36. The van der Waals surface area contributed by atoms with Crippen LogP contribution in [0.2, 0.25) is 10.0 Å². The molecular weight excluding hydrogens is 329 g/mol. The lowest BCUT2D eigenvalue weighted by Gasteiger charge is -2.35. The highest BCUT2D eigenvalue weighted by atomic mass is 35.5. The number of rotatable bonds is 3. The van der Waals surface area contributed by atoms with Gasteiger partial charge < -0.3 is 4.90 Å². The van der Waals surface area contributed by atoms with Crippen molar-refractivity contribution in [2.45, 2.75) is 6.92 Å². The fourth-order valence-corrected chi connectivity index (χ4v) is 3.29. The quantitative estimate of drug-likeness (QED) is 0.759. The van der Waals surface area contributed by atoms with E-state index in [2.05, 4.69) is 34.2 Å². The van der Waals surface area contributed by atoms with Gasteiger partial charge in [-0.05, 0) is 31.2 Å². The molecule has 1 fully saturated rings. The minimum atomic E-state index is 0.640. The molecule has 3 nitrogen and oxygen atoms in total. The first-order valence-corrected chi connectivity index (χ1v) is 8.44. The fraction of sp³-hybridized carbons (Fsp3) is 0.278. The summed E-state index contributed by atoms with van der Waals surface area (Å²) in [6, 6.07) is 16.0. The number of hydrogen-bond acceptors (Lipinski definition) is 3. The molecule has 0 bridgehead atoms. The SMILES string of the molecule is CC(=NN1CCN(c2ccccc2)CC1)c1ccc(Cl)cc1Cl. The van der Waals surface area contributed by atoms with E-state index in [9.17, 15) is 0 Å². The molecule has 0 unspecified atom stereocenters. The van der Waals surface area contributed by atoms with Crippen molar-refractivity contribution in [1.82, 2.24) is 5.01 Å². The number of benzene rings is 2. The Labute approximate surface area is 147 Å². The molecule has 23 heavy (non-hydrogen) atoms. The zero-order valence-electron chi connectivity index (χ0n) is 13.0. The van der Waals surface area contributed by atoms with Gasteiger partial charge >= 0.3 is 0 Å². The lowest BCUT2D eigenvalue weighted by atomic mass is 10.1. The van der Waals surface area contributed by atoms with Crippen LogP contribution in [-0.2, 0) is 0 Å². The number of nitrogens with zero attached hydrogens (tertiary/aromatic N) is 3. The molecule has 0 amide bonds. The van der Waals surface area contributed by atoms with Gasteiger partial charge in [-0.25, -0.2) is 0 Å². The zero-order chi connectivity index (χ0) is 16.2. The first kappa shape index (κ1) is 16.2. The molecule has 0 atom stereocenters. The third-order valence-corrected chi connectivity index (χ3v) is 4.54. The summed E-state index contributed by atoms with van der Waals surface area (Å²) < 4.78 is 0. The molecule has 5 heteroatoms. The van der Waals surface area contributed by atoms with Crippen molar-refractivity contribution >= 4 is 34.6 Å². The molecule has 1 aliphatic heterocycles. The van der Waals surface area contributed by atoms with Crippen LogP contribution in [0, 0.1) is 0 Å². The Hall–Kier alpha value is -1.71.